The Morgan fingerprint density at radius 3 is 2.50 bits per heavy atom. The first-order chi connectivity index (χ1) is 10.2. The molecule has 0 saturated heterocycles. The molecule has 1 aromatic rings. The molecule has 120 valence electrons. The van der Waals surface area contributed by atoms with Gasteiger partial charge in [0.1, 0.15) is 5.78 Å². The molecule has 0 heterocycles. The maximum absolute atomic E-state index is 13.2. The fourth-order valence-corrected chi connectivity index (χ4v) is 4.53. The molecule has 1 aliphatic carbocycles. The summed E-state index contributed by atoms with van der Waals surface area (Å²) in [5.74, 6) is -5.24. The van der Waals surface area contributed by atoms with E-state index in [1.54, 1.807) is 0 Å². The van der Waals surface area contributed by atoms with E-state index in [0.29, 0.717) is 25.0 Å². The number of carbonyl (C=O) groups excluding carboxylic acids is 1. The topological polar surface area (TPSA) is 88.5 Å². The highest BCUT2D eigenvalue weighted by Crippen LogP contribution is 2.32. The van der Waals surface area contributed by atoms with Crippen LogP contribution in [0.5, 0.6) is 0 Å². The van der Waals surface area contributed by atoms with Gasteiger partial charge in [0.15, 0.2) is 26.7 Å². The van der Waals surface area contributed by atoms with Crippen molar-refractivity contribution in [3.63, 3.8) is 0 Å². The highest BCUT2D eigenvalue weighted by molar-refractivity contribution is 7.92. The number of sulfone groups is 1. The first kappa shape index (κ1) is 16.5. The van der Waals surface area contributed by atoms with Gasteiger partial charge in [-0.3, -0.25) is 9.59 Å². The van der Waals surface area contributed by atoms with Gasteiger partial charge in [-0.15, -0.1) is 0 Å². The SMILES string of the molecule is O=C1CCCC(C(C(=O)O)S(=O)(=O)c2ccc(F)c(F)c2)C1. The Hall–Kier alpha value is -1.83. The van der Waals surface area contributed by atoms with E-state index >= 15 is 0 Å². The molecule has 5 nitrogen and oxygen atoms in total. The maximum atomic E-state index is 13.2. The Kier molecular flexibility index (Phi) is 4.60. The van der Waals surface area contributed by atoms with Crippen molar-refractivity contribution in [1.82, 2.24) is 0 Å². The van der Waals surface area contributed by atoms with Crippen LogP contribution in [-0.4, -0.2) is 30.5 Å². The molecule has 2 unspecified atom stereocenters. The largest absolute Gasteiger partial charge is 0.480 e. The lowest BCUT2D eigenvalue weighted by atomic mass is 9.86. The quantitative estimate of drug-likeness (QED) is 0.851. The molecule has 0 radical (unpaired) electrons. The third kappa shape index (κ3) is 3.16. The predicted octanol–water partition coefficient (Wildman–Crippen LogP) is 1.95. The Balaban J connectivity index is 2.43. The van der Waals surface area contributed by atoms with Gasteiger partial charge in [-0.1, -0.05) is 0 Å². The average molecular weight is 332 g/mol. The van der Waals surface area contributed by atoms with Gasteiger partial charge >= 0.3 is 5.97 Å². The minimum Gasteiger partial charge on any atom is -0.480 e. The van der Waals surface area contributed by atoms with Gasteiger partial charge in [-0.05, 0) is 37.0 Å². The van der Waals surface area contributed by atoms with E-state index in [9.17, 15) is 31.9 Å². The van der Waals surface area contributed by atoms with Crippen molar-refractivity contribution in [2.75, 3.05) is 0 Å². The van der Waals surface area contributed by atoms with E-state index in [2.05, 4.69) is 0 Å². The van der Waals surface area contributed by atoms with E-state index in [1.165, 1.54) is 0 Å². The fraction of sp³-hybridized carbons (Fsp3) is 0.429. The fourth-order valence-electron chi connectivity index (χ4n) is 2.70. The first-order valence-corrected chi connectivity index (χ1v) is 8.21. The normalized spacial score (nSPS) is 20.6. The van der Waals surface area contributed by atoms with Gasteiger partial charge in [0.2, 0.25) is 0 Å². The number of Topliss-reactive ketones (excluding diaryl/α,β-unsaturated/α-hetero) is 1. The van der Waals surface area contributed by atoms with Crippen LogP contribution in [0.2, 0.25) is 0 Å². The second-order valence-electron chi connectivity index (χ2n) is 5.27. The molecule has 1 fully saturated rings. The standard InChI is InChI=1S/C14H14F2O5S/c15-11-5-4-10(7-12(11)16)22(20,21)13(14(18)19)8-2-1-3-9(17)6-8/h4-5,7-8,13H,1-3,6H2,(H,18,19). The predicted molar refractivity (Wildman–Crippen MR) is 71.9 cm³/mol. The number of benzene rings is 1. The summed E-state index contributed by atoms with van der Waals surface area (Å²) in [6.07, 6.45) is 0.861. The van der Waals surface area contributed by atoms with Crippen LogP contribution in [0.4, 0.5) is 8.78 Å². The molecule has 1 N–H and O–H groups in total. The molecule has 1 aliphatic rings. The number of carboxylic acid groups (broad SMARTS) is 1. The summed E-state index contributed by atoms with van der Waals surface area (Å²) in [5, 5.41) is 7.43. The number of carbonyl (C=O) groups is 2. The Morgan fingerprint density at radius 1 is 1.27 bits per heavy atom. The number of halogens is 2. The Labute approximate surface area is 125 Å². The van der Waals surface area contributed by atoms with Crippen LogP contribution in [0.15, 0.2) is 23.1 Å². The summed E-state index contributed by atoms with van der Waals surface area (Å²) >= 11 is 0. The molecule has 0 amide bonds. The van der Waals surface area contributed by atoms with Crippen LogP contribution in [0, 0.1) is 17.6 Å². The van der Waals surface area contributed by atoms with Crippen LogP contribution >= 0.6 is 0 Å². The summed E-state index contributed by atoms with van der Waals surface area (Å²) in [6.45, 7) is 0. The van der Waals surface area contributed by atoms with Crippen molar-refractivity contribution >= 4 is 21.6 Å². The smallest absolute Gasteiger partial charge is 0.322 e. The molecule has 0 aliphatic heterocycles. The molecular formula is C14H14F2O5S. The highest BCUT2D eigenvalue weighted by Gasteiger charge is 2.42. The van der Waals surface area contributed by atoms with E-state index in [4.69, 9.17) is 0 Å². The van der Waals surface area contributed by atoms with Crippen molar-refractivity contribution in [1.29, 1.82) is 0 Å². The van der Waals surface area contributed by atoms with Gasteiger partial charge in [0.05, 0.1) is 4.90 Å². The molecule has 1 saturated carbocycles. The monoisotopic (exact) mass is 332 g/mol. The third-order valence-corrected chi connectivity index (χ3v) is 5.91. The zero-order chi connectivity index (χ0) is 16.5. The second-order valence-corrected chi connectivity index (χ2v) is 7.34. The zero-order valence-corrected chi connectivity index (χ0v) is 12.3. The number of ketones is 1. The van der Waals surface area contributed by atoms with Gasteiger partial charge in [0, 0.05) is 12.8 Å². The van der Waals surface area contributed by atoms with Crippen LogP contribution in [0.25, 0.3) is 0 Å². The molecule has 0 spiro atoms. The number of carboxylic acids is 1. The molecule has 1 aromatic carbocycles. The van der Waals surface area contributed by atoms with E-state index in [-0.39, 0.29) is 18.6 Å². The second kappa shape index (κ2) is 6.12. The maximum Gasteiger partial charge on any atom is 0.322 e. The molecule has 0 aromatic heterocycles. The van der Waals surface area contributed by atoms with Gasteiger partial charge in [0.25, 0.3) is 0 Å². The summed E-state index contributed by atoms with van der Waals surface area (Å²) < 4.78 is 51.1. The van der Waals surface area contributed by atoms with Crippen molar-refractivity contribution in [2.45, 2.75) is 35.8 Å². The molecule has 0 bridgehead atoms. The minimum atomic E-state index is -4.42. The summed E-state index contributed by atoms with van der Waals surface area (Å²) in [7, 11) is -4.42. The average Bonchev–Trinajstić information content (AvgIpc) is 2.41. The first-order valence-electron chi connectivity index (χ1n) is 6.67. The van der Waals surface area contributed by atoms with Crippen molar-refractivity contribution in [2.24, 2.45) is 5.92 Å². The highest BCUT2D eigenvalue weighted by atomic mass is 32.2. The lowest BCUT2D eigenvalue weighted by molar-refractivity contribution is -0.138. The number of aliphatic carboxylic acids is 1. The number of hydrogen-bond acceptors (Lipinski definition) is 4. The molecule has 8 heteroatoms. The molecule has 22 heavy (non-hydrogen) atoms. The minimum absolute atomic E-state index is 0.139. The lowest BCUT2D eigenvalue weighted by Crippen LogP contribution is -2.40. The summed E-state index contributed by atoms with van der Waals surface area (Å²) in [6, 6.07) is 1.92. The summed E-state index contributed by atoms with van der Waals surface area (Å²) in [4.78, 5) is 22.3. The third-order valence-electron chi connectivity index (χ3n) is 3.75. The molecule has 2 rings (SSSR count). The molecular weight excluding hydrogens is 318 g/mol. The summed E-state index contributed by atoms with van der Waals surface area (Å²) in [5.41, 5.74) is 0. The van der Waals surface area contributed by atoms with Gasteiger partial charge in [-0.25, -0.2) is 17.2 Å². The van der Waals surface area contributed by atoms with Crippen LogP contribution in [0.3, 0.4) is 0 Å². The lowest BCUT2D eigenvalue weighted by Gasteiger charge is -2.26. The van der Waals surface area contributed by atoms with Crippen molar-refractivity contribution in [3.8, 4) is 0 Å². The van der Waals surface area contributed by atoms with Crippen LogP contribution < -0.4 is 0 Å². The van der Waals surface area contributed by atoms with Crippen LogP contribution in [-0.2, 0) is 19.4 Å². The van der Waals surface area contributed by atoms with Crippen LogP contribution in [0.1, 0.15) is 25.7 Å². The van der Waals surface area contributed by atoms with E-state index in [0.717, 1.165) is 6.07 Å². The number of hydrogen-bond donors (Lipinski definition) is 1. The Bertz CT molecular complexity index is 714. The molecule has 2 atom stereocenters. The van der Waals surface area contributed by atoms with Crippen molar-refractivity contribution < 1.29 is 31.9 Å². The van der Waals surface area contributed by atoms with Gasteiger partial charge < -0.3 is 5.11 Å². The van der Waals surface area contributed by atoms with E-state index in [1.807, 2.05) is 0 Å². The zero-order valence-electron chi connectivity index (χ0n) is 11.5. The van der Waals surface area contributed by atoms with Crippen molar-refractivity contribution in [3.05, 3.63) is 29.8 Å². The number of rotatable bonds is 4. The Morgan fingerprint density at radius 2 is 1.95 bits per heavy atom. The van der Waals surface area contributed by atoms with Gasteiger partial charge in [-0.2, -0.15) is 0 Å². The van der Waals surface area contributed by atoms with E-state index < -0.39 is 43.5 Å².